The molecule has 1 fully saturated rings. The van der Waals surface area contributed by atoms with Crippen molar-refractivity contribution < 1.29 is 0 Å². The highest BCUT2D eigenvalue weighted by molar-refractivity contribution is 4.64. The van der Waals surface area contributed by atoms with Crippen molar-refractivity contribution in [3.63, 3.8) is 0 Å². The van der Waals surface area contributed by atoms with Gasteiger partial charge in [-0.15, -0.1) is 0 Å². The Bertz CT molecular complexity index is 166. The molecule has 114 valence electrons. The van der Waals surface area contributed by atoms with E-state index in [4.69, 9.17) is 0 Å². The fourth-order valence-corrected chi connectivity index (χ4v) is 3.57. The summed E-state index contributed by atoms with van der Waals surface area (Å²) in [6, 6.07) is 0. The molecule has 0 saturated heterocycles. The maximum absolute atomic E-state index is 2.43. The van der Waals surface area contributed by atoms with E-state index in [1.54, 1.807) is 0 Å². The summed E-state index contributed by atoms with van der Waals surface area (Å²) in [4.78, 5) is 0. The van der Waals surface area contributed by atoms with E-state index >= 15 is 0 Å². The second kappa shape index (κ2) is 11.8. The fourth-order valence-electron chi connectivity index (χ4n) is 3.57. The second-order valence-corrected chi connectivity index (χ2v) is 7.18. The first kappa shape index (κ1) is 17.1. The summed E-state index contributed by atoms with van der Waals surface area (Å²) in [7, 11) is 0. The van der Waals surface area contributed by atoms with Crippen LogP contribution in [0.25, 0.3) is 0 Å². The Balaban J connectivity index is 2.23. The van der Waals surface area contributed by atoms with E-state index in [1.165, 1.54) is 96.3 Å². The van der Waals surface area contributed by atoms with Gasteiger partial charge in [-0.05, 0) is 11.8 Å². The van der Waals surface area contributed by atoms with Crippen molar-refractivity contribution >= 4 is 0 Å². The standard InChI is InChI=1S/C19H38/c1-18(2)19-16-14-12-10-8-6-4-3-5-7-9-11-13-15-17-19/h18-19H,3-17H2,1-2H3. The molecule has 0 aromatic heterocycles. The van der Waals surface area contributed by atoms with E-state index in [-0.39, 0.29) is 0 Å². The first-order valence-electron chi connectivity index (χ1n) is 9.30. The lowest BCUT2D eigenvalue weighted by Gasteiger charge is -2.21. The normalized spacial score (nSPS) is 23.5. The third-order valence-electron chi connectivity index (χ3n) is 5.09. The monoisotopic (exact) mass is 266 g/mol. The average Bonchev–Trinajstić information content (AvgIpc) is 2.38. The highest BCUT2D eigenvalue weighted by atomic mass is 14.2. The van der Waals surface area contributed by atoms with Gasteiger partial charge >= 0.3 is 0 Å². The Morgan fingerprint density at radius 2 is 0.737 bits per heavy atom. The summed E-state index contributed by atoms with van der Waals surface area (Å²) in [6.45, 7) is 4.87. The van der Waals surface area contributed by atoms with Crippen LogP contribution < -0.4 is 0 Å². The molecule has 0 aromatic carbocycles. The molecule has 0 aromatic rings. The van der Waals surface area contributed by atoms with Crippen molar-refractivity contribution in [2.75, 3.05) is 0 Å². The van der Waals surface area contributed by atoms with Gasteiger partial charge in [-0.25, -0.2) is 0 Å². The molecule has 1 aliphatic carbocycles. The van der Waals surface area contributed by atoms with Gasteiger partial charge in [0.1, 0.15) is 0 Å². The van der Waals surface area contributed by atoms with Gasteiger partial charge in [-0.2, -0.15) is 0 Å². The molecule has 0 heteroatoms. The quantitative estimate of drug-likeness (QED) is 0.474. The van der Waals surface area contributed by atoms with Crippen molar-refractivity contribution in [2.24, 2.45) is 11.8 Å². The van der Waals surface area contributed by atoms with Crippen LogP contribution in [0.4, 0.5) is 0 Å². The minimum Gasteiger partial charge on any atom is -0.0625 e. The highest BCUT2D eigenvalue weighted by Gasteiger charge is 2.12. The van der Waals surface area contributed by atoms with Crippen LogP contribution in [0.2, 0.25) is 0 Å². The Hall–Kier alpha value is 0. The topological polar surface area (TPSA) is 0 Å². The highest BCUT2D eigenvalue weighted by Crippen LogP contribution is 2.26. The van der Waals surface area contributed by atoms with Gasteiger partial charge in [-0.3, -0.25) is 0 Å². The molecule has 0 bridgehead atoms. The molecule has 0 atom stereocenters. The molecule has 0 aliphatic heterocycles. The van der Waals surface area contributed by atoms with Crippen LogP contribution in [0.1, 0.15) is 110 Å². The second-order valence-electron chi connectivity index (χ2n) is 7.18. The summed E-state index contributed by atoms with van der Waals surface area (Å²) in [5.74, 6) is 1.91. The SMILES string of the molecule is CC(C)C1CCCCCCCCCCCCCCC1. The van der Waals surface area contributed by atoms with E-state index in [2.05, 4.69) is 13.8 Å². The van der Waals surface area contributed by atoms with Gasteiger partial charge in [0.25, 0.3) is 0 Å². The number of hydrogen-bond donors (Lipinski definition) is 0. The van der Waals surface area contributed by atoms with Gasteiger partial charge in [-0.1, -0.05) is 110 Å². The zero-order valence-electron chi connectivity index (χ0n) is 13.8. The van der Waals surface area contributed by atoms with Crippen LogP contribution in [0.5, 0.6) is 0 Å². The van der Waals surface area contributed by atoms with Crippen LogP contribution in [0.3, 0.4) is 0 Å². The van der Waals surface area contributed by atoms with E-state index in [0.717, 1.165) is 11.8 Å². The van der Waals surface area contributed by atoms with Gasteiger partial charge in [0.05, 0.1) is 0 Å². The summed E-state index contributed by atoms with van der Waals surface area (Å²) in [5.41, 5.74) is 0. The van der Waals surface area contributed by atoms with Gasteiger partial charge in [0.2, 0.25) is 0 Å². The van der Waals surface area contributed by atoms with Crippen LogP contribution >= 0.6 is 0 Å². The molecule has 0 nitrogen and oxygen atoms in total. The number of hydrogen-bond acceptors (Lipinski definition) is 0. The first-order valence-corrected chi connectivity index (χ1v) is 9.30. The molecular formula is C19H38. The van der Waals surface area contributed by atoms with E-state index in [9.17, 15) is 0 Å². The zero-order valence-corrected chi connectivity index (χ0v) is 13.8. The minimum atomic E-state index is 0.902. The first-order chi connectivity index (χ1) is 9.30. The maximum Gasteiger partial charge on any atom is -0.0391 e. The fraction of sp³-hybridized carbons (Fsp3) is 1.00. The molecule has 0 amide bonds. The van der Waals surface area contributed by atoms with Gasteiger partial charge < -0.3 is 0 Å². The molecular weight excluding hydrogens is 228 g/mol. The van der Waals surface area contributed by atoms with Crippen molar-refractivity contribution in [3.05, 3.63) is 0 Å². The summed E-state index contributed by atoms with van der Waals surface area (Å²) < 4.78 is 0. The van der Waals surface area contributed by atoms with Crippen molar-refractivity contribution in [1.82, 2.24) is 0 Å². The molecule has 0 spiro atoms. The predicted molar refractivity (Wildman–Crippen MR) is 87.6 cm³/mol. The molecule has 0 radical (unpaired) electrons. The average molecular weight is 267 g/mol. The van der Waals surface area contributed by atoms with Crippen LogP contribution in [0, 0.1) is 11.8 Å². The lowest BCUT2D eigenvalue weighted by atomic mass is 9.85. The molecule has 1 rings (SSSR count). The Morgan fingerprint density at radius 3 is 1.00 bits per heavy atom. The maximum atomic E-state index is 2.43. The third-order valence-corrected chi connectivity index (χ3v) is 5.09. The van der Waals surface area contributed by atoms with Crippen LogP contribution in [0.15, 0.2) is 0 Å². The van der Waals surface area contributed by atoms with Crippen LogP contribution in [-0.4, -0.2) is 0 Å². The summed E-state index contributed by atoms with van der Waals surface area (Å²) in [5, 5.41) is 0. The van der Waals surface area contributed by atoms with Gasteiger partial charge in [0.15, 0.2) is 0 Å². The van der Waals surface area contributed by atoms with E-state index in [0.29, 0.717) is 0 Å². The number of rotatable bonds is 1. The lowest BCUT2D eigenvalue weighted by Crippen LogP contribution is -2.08. The van der Waals surface area contributed by atoms with Crippen LogP contribution in [-0.2, 0) is 0 Å². The molecule has 1 aliphatic rings. The summed E-state index contributed by atoms with van der Waals surface area (Å²) in [6.07, 6.45) is 22.4. The molecule has 19 heavy (non-hydrogen) atoms. The minimum absolute atomic E-state index is 0.902. The Labute approximate surface area is 122 Å². The summed E-state index contributed by atoms with van der Waals surface area (Å²) >= 11 is 0. The third kappa shape index (κ3) is 9.52. The van der Waals surface area contributed by atoms with E-state index < -0.39 is 0 Å². The smallest absolute Gasteiger partial charge is 0.0391 e. The van der Waals surface area contributed by atoms with Gasteiger partial charge in [0, 0.05) is 0 Å². The van der Waals surface area contributed by atoms with Crippen molar-refractivity contribution in [3.8, 4) is 0 Å². The molecule has 0 heterocycles. The largest absolute Gasteiger partial charge is 0.0625 e. The lowest BCUT2D eigenvalue weighted by molar-refractivity contribution is 0.312. The molecule has 1 saturated carbocycles. The molecule has 0 unspecified atom stereocenters. The Morgan fingerprint density at radius 1 is 0.474 bits per heavy atom. The molecule has 0 N–H and O–H groups in total. The Kier molecular flexibility index (Phi) is 10.6. The zero-order chi connectivity index (χ0) is 13.8. The van der Waals surface area contributed by atoms with E-state index in [1.807, 2.05) is 0 Å². The van der Waals surface area contributed by atoms with Crippen molar-refractivity contribution in [1.29, 1.82) is 0 Å². The predicted octanol–water partition coefficient (Wildman–Crippen LogP) is 7.12. The van der Waals surface area contributed by atoms with Crippen molar-refractivity contribution in [2.45, 2.75) is 110 Å².